The minimum Gasteiger partial charge on any atom is -0.497 e. The highest BCUT2D eigenvalue weighted by atomic mass is 16.5. The average Bonchev–Trinajstić information content (AvgIpc) is 2.66. The van der Waals surface area contributed by atoms with Crippen molar-refractivity contribution in [1.29, 1.82) is 0 Å². The van der Waals surface area contributed by atoms with Gasteiger partial charge in [-0.05, 0) is 49.2 Å². The number of ether oxygens (including phenoxy) is 1. The molecule has 0 radical (unpaired) electrons. The van der Waals surface area contributed by atoms with Crippen LogP contribution in [0.1, 0.15) is 11.1 Å². The molecule has 1 aliphatic heterocycles. The van der Waals surface area contributed by atoms with Crippen molar-refractivity contribution in [2.45, 2.75) is 13.8 Å². The molecule has 0 unspecified atom stereocenters. The van der Waals surface area contributed by atoms with Crippen LogP contribution in [0.2, 0.25) is 0 Å². The number of aryl methyl sites for hydroxylation is 2. The van der Waals surface area contributed by atoms with Gasteiger partial charge in [0.2, 0.25) is 5.91 Å². The molecule has 0 aliphatic carbocycles. The smallest absolute Gasteiger partial charge is 0.238 e. The molecule has 138 valence electrons. The van der Waals surface area contributed by atoms with Crippen molar-refractivity contribution in [2.24, 2.45) is 0 Å². The molecule has 1 saturated heterocycles. The second-order valence-corrected chi connectivity index (χ2v) is 6.78. The number of rotatable bonds is 5. The fourth-order valence-corrected chi connectivity index (χ4v) is 3.35. The van der Waals surface area contributed by atoms with Gasteiger partial charge in [0.05, 0.1) is 13.7 Å². The number of para-hydroxylation sites is 1. The highest BCUT2D eigenvalue weighted by Crippen LogP contribution is 2.21. The monoisotopic (exact) mass is 353 g/mol. The summed E-state index contributed by atoms with van der Waals surface area (Å²) in [5.41, 5.74) is 4.34. The normalized spacial score (nSPS) is 15.0. The van der Waals surface area contributed by atoms with E-state index in [1.165, 1.54) is 5.69 Å². The molecule has 1 amide bonds. The van der Waals surface area contributed by atoms with Crippen molar-refractivity contribution in [3.05, 3.63) is 53.6 Å². The Morgan fingerprint density at radius 2 is 1.62 bits per heavy atom. The Hall–Kier alpha value is -2.53. The highest BCUT2D eigenvalue weighted by molar-refractivity contribution is 5.93. The summed E-state index contributed by atoms with van der Waals surface area (Å²) in [6.45, 7) is 8.08. The molecule has 5 heteroatoms. The van der Waals surface area contributed by atoms with Crippen molar-refractivity contribution in [3.8, 4) is 5.75 Å². The Morgan fingerprint density at radius 1 is 1.00 bits per heavy atom. The third kappa shape index (κ3) is 4.35. The number of anilines is 2. The topological polar surface area (TPSA) is 44.8 Å². The number of hydrogen-bond donors (Lipinski definition) is 1. The van der Waals surface area contributed by atoms with E-state index in [-0.39, 0.29) is 5.91 Å². The summed E-state index contributed by atoms with van der Waals surface area (Å²) in [5, 5.41) is 3.07. The van der Waals surface area contributed by atoms with Crippen molar-refractivity contribution >= 4 is 17.3 Å². The van der Waals surface area contributed by atoms with E-state index in [4.69, 9.17) is 4.74 Å². The molecule has 1 N–H and O–H groups in total. The lowest BCUT2D eigenvalue weighted by molar-refractivity contribution is -0.117. The lowest BCUT2D eigenvalue weighted by Gasteiger charge is -2.35. The maximum absolute atomic E-state index is 12.4. The molecule has 0 aromatic heterocycles. The number of amides is 1. The van der Waals surface area contributed by atoms with E-state index in [0.717, 1.165) is 48.7 Å². The first kappa shape index (κ1) is 18.3. The first-order chi connectivity index (χ1) is 12.6. The molecule has 1 heterocycles. The molecule has 26 heavy (non-hydrogen) atoms. The van der Waals surface area contributed by atoms with Gasteiger partial charge in [-0.3, -0.25) is 9.69 Å². The summed E-state index contributed by atoms with van der Waals surface area (Å²) < 4.78 is 5.21. The van der Waals surface area contributed by atoms with E-state index in [1.54, 1.807) is 7.11 Å². The fourth-order valence-electron chi connectivity index (χ4n) is 3.35. The van der Waals surface area contributed by atoms with E-state index in [9.17, 15) is 4.79 Å². The second kappa shape index (κ2) is 8.23. The van der Waals surface area contributed by atoms with E-state index in [2.05, 4.69) is 27.2 Å². The molecule has 0 atom stereocenters. The summed E-state index contributed by atoms with van der Waals surface area (Å²) in [6.07, 6.45) is 0. The Bertz CT molecular complexity index is 730. The van der Waals surface area contributed by atoms with Crippen LogP contribution in [0, 0.1) is 13.8 Å². The molecular weight excluding hydrogens is 326 g/mol. The summed E-state index contributed by atoms with van der Waals surface area (Å²) in [6, 6.07) is 14.2. The van der Waals surface area contributed by atoms with Crippen LogP contribution in [0.3, 0.4) is 0 Å². The zero-order valence-electron chi connectivity index (χ0n) is 15.8. The molecule has 3 rings (SSSR count). The van der Waals surface area contributed by atoms with Crippen LogP contribution in [0.4, 0.5) is 11.4 Å². The van der Waals surface area contributed by atoms with Crippen LogP contribution < -0.4 is 15.0 Å². The minimum atomic E-state index is 0.0558. The van der Waals surface area contributed by atoms with Gasteiger partial charge < -0.3 is 15.0 Å². The molecule has 1 fully saturated rings. The van der Waals surface area contributed by atoms with Gasteiger partial charge in [-0.2, -0.15) is 0 Å². The Balaban J connectivity index is 1.51. The Labute approximate surface area is 155 Å². The second-order valence-electron chi connectivity index (χ2n) is 6.78. The van der Waals surface area contributed by atoms with Gasteiger partial charge in [-0.1, -0.05) is 18.2 Å². The first-order valence-corrected chi connectivity index (χ1v) is 9.04. The van der Waals surface area contributed by atoms with E-state index in [0.29, 0.717) is 6.54 Å². The lowest BCUT2D eigenvalue weighted by atomic mass is 10.1. The molecule has 1 aliphatic rings. The van der Waals surface area contributed by atoms with Crippen molar-refractivity contribution in [2.75, 3.05) is 50.1 Å². The molecule has 5 nitrogen and oxygen atoms in total. The minimum absolute atomic E-state index is 0.0558. The average molecular weight is 353 g/mol. The van der Waals surface area contributed by atoms with E-state index in [1.807, 2.05) is 44.2 Å². The quantitative estimate of drug-likeness (QED) is 0.897. The number of nitrogens with zero attached hydrogens (tertiary/aromatic N) is 2. The van der Waals surface area contributed by atoms with Crippen LogP contribution in [0.5, 0.6) is 5.75 Å². The highest BCUT2D eigenvalue weighted by Gasteiger charge is 2.19. The number of carbonyl (C=O) groups is 1. The van der Waals surface area contributed by atoms with Crippen molar-refractivity contribution in [3.63, 3.8) is 0 Å². The van der Waals surface area contributed by atoms with Gasteiger partial charge in [0, 0.05) is 37.6 Å². The predicted molar refractivity (Wildman–Crippen MR) is 106 cm³/mol. The summed E-state index contributed by atoms with van der Waals surface area (Å²) in [7, 11) is 1.68. The number of piperazine rings is 1. The summed E-state index contributed by atoms with van der Waals surface area (Å²) in [5.74, 6) is 0.927. The molecule has 0 bridgehead atoms. The van der Waals surface area contributed by atoms with Gasteiger partial charge in [-0.15, -0.1) is 0 Å². The third-order valence-electron chi connectivity index (χ3n) is 4.92. The van der Waals surface area contributed by atoms with Crippen LogP contribution >= 0.6 is 0 Å². The van der Waals surface area contributed by atoms with Gasteiger partial charge in [0.1, 0.15) is 5.75 Å². The fraction of sp³-hybridized carbons (Fsp3) is 0.381. The maximum atomic E-state index is 12.4. The number of nitrogens with one attached hydrogen (secondary N) is 1. The number of hydrogen-bond acceptors (Lipinski definition) is 4. The van der Waals surface area contributed by atoms with Crippen LogP contribution in [-0.2, 0) is 4.79 Å². The first-order valence-electron chi connectivity index (χ1n) is 9.04. The molecule has 0 saturated carbocycles. The van der Waals surface area contributed by atoms with Gasteiger partial charge in [0.25, 0.3) is 0 Å². The predicted octanol–water partition coefficient (Wildman–Crippen LogP) is 3.07. The van der Waals surface area contributed by atoms with Crippen LogP contribution in [0.15, 0.2) is 42.5 Å². The van der Waals surface area contributed by atoms with Gasteiger partial charge in [-0.25, -0.2) is 0 Å². The number of methoxy groups -OCH3 is 1. The largest absolute Gasteiger partial charge is 0.497 e. The summed E-state index contributed by atoms with van der Waals surface area (Å²) in [4.78, 5) is 17.0. The third-order valence-corrected chi connectivity index (χ3v) is 4.92. The molecule has 0 spiro atoms. The van der Waals surface area contributed by atoms with Crippen molar-refractivity contribution < 1.29 is 9.53 Å². The molecule has 2 aromatic rings. The molecular formula is C21H27N3O2. The number of benzene rings is 2. The molecule has 2 aromatic carbocycles. The maximum Gasteiger partial charge on any atom is 0.238 e. The summed E-state index contributed by atoms with van der Waals surface area (Å²) >= 11 is 0. The van der Waals surface area contributed by atoms with E-state index < -0.39 is 0 Å². The van der Waals surface area contributed by atoms with Crippen molar-refractivity contribution in [1.82, 2.24) is 4.90 Å². The Kier molecular flexibility index (Phi) is 5.78. The van der Waals surface area contributed by atoms with E-state index >= 15 is 0 Å². The zero-order valence-corrected chi connectivity index (χ0v) is 15.8. The SMILES string of the molecule is COc1ccc(N2CCN(CC(=O)Nc3c(C)cccc3C)CC2)cc1. The lowest BCUT2D eigenvalue weighted by Crippen LogP contribution is -2.48. The van der Waals surface area contributed by atoms with Gasteiger partial charge in [0.15, 0.2) is 0 Å². The standard InChI is InChI=1S/C21H27N3O2/c1-16-5-4-6-17(2)21(16)22-20(25)15-23-11-13-24(14-12-23)18-7-9-19(26-3)10-8-18/h4-10H,11-15H2,1-3H3,(H,22,25). The zero-order chi connectivity index (χ0) is 18.5. The van der Waals surface area contributed by atoms with Crippen LogP contribution in [0.25, 0.3) is 0 Å². The van der Waals surface area contributed by atoms with Crippen LogP contribution in [-0.4, -0.2) is 50.6 Å². The number of carbonyl (C=O) groups excluding carboxylic acids is 1. The van der Waals surface area contributed by atoms with Gasteiger partial charge >= 0.3 is 0 Å². The Morgan fingerprint density at radius 3 is 2.19 bits per heavy atom.